The fourth-order valence-electron chi connectivity index (χ4n) is 2.82. The summed E-state index contributed by atoms with van der Waals surface area (Å²) < 4.78 is 10.8. The smallest absolute Gasteiger partial charge is 0.231 e. The van der Waals surface area contributed by atoms with Crippen LogP contribution in [0.5, 0.6) is 11.5 Å². The molecule has 2 N–H and O–H groups in total. The van der Waals surface area contributed by atoms with Gasteiger partial charge in [-0.3, -0.25) is 0 Å². The summed E-state index contributed by atoms with van der Waals surface area (Å²) >= 11 is 0. The van der Waals surface area contributed by atoms with Crippen LogP contribution < -0.4 is 15.0 Å². The van der Waals surface area contributed by atoms with E-state index in [0.29, 0.717) is 19.3 Å². The molecule has 1 aromatic carbocycles. The Morgan fingerprint density at radius 3 is 3.05 bits per heavy atom. The molecule has 1 heterocycles. The zero-order valence-electron chi connectivity index (χ0n) is 10.9. The second-order valence-electron chi connectivity index (χ2n) is 5.11. The SMILES string of the molecule is ONCCC1C=C(c2ccc3c(c2)OCO3)CCC1. The van der Waals surface area contributed by atoms with Crippen LogP contribution in [0.25, 0.3) is 5.57 Å². The third kappa shape index (κ3) is 2.74. The highest BCUT2D eigenvalue weighted by Crippen LogP contribution is 2.37. The van der Waals surface area contributed by atoms with Gasteiger partial charge in [0.1, 0.15) is 0 Å². The number of hydrogen-bond donors (Lipinski definition) is 2. The van der Waals surface area contributed by atoms with Crippen molar-refractivity contribution in [1.82, 2.24) is 5.48 Å². The van der Waals surface area contributed by atoms with Gasteiger partial charge in [-0.05, 0) is 54.9 Å². The van der Waals surface area contributed by atoms with Gasteiger partial charge >= 0.3 is 0 Å². The molecule has 4 heteroatoms. The van der Waals surface area contributed by atoms with E-state index in [9.17, 15) is 0 Å². The molecule has 102 valence electrons. The molecule has 0 amide bonds. The topological polar surface area (TPSA) is 50.7 Å². The van der Waals surface area contributed by atoms with Gasteiger partial charge in [0, 0.05) is 6.54 Å². The van der Waals surface area contributed by atoms with Crippen molar-refractivity contribution >= 4 is 5.57 Å². The van der Waals surface area contributed by atoms with E-state index in [2.05, 4.69) is 23.7 Å². The molecule has 1 unspecified atom stereocenters. The van der Waals surface area contributed by atoms with Crippen LogP contribution in [0.15, 0.2) is 24.3 Å². The minimum absolute atomic E-state index is 0.322. The van der Waals surface area contributed by atoms with Gasteiger partial charge in [-0.1, -0.05) is 12.1 Å². The Morgan fingerprint density at radius 2 is 2.16 bits per heavy atom. The molecule has 0 saturated carbocycles. The molecular formula is C15H19NO3. The largest absolute Gasteiger partial charge is 0.454 e. The summed E-state index contributed by atoms with van der Waals surface area (Å²) in [5.41, 5.74) is 4.85. The zero-order valence-corrected chi connectivity index (χ0v) is 10.9. The average molecular weight is 261 g/mol. The van der Waals surface area contributed by atoms with Crippen molar-refractivity contribution in [3.63, 3.8) is 0 Å². The number of nitrogens with one attached hydrogen (secondary N) is 1. The van der Waals surface area contributed by atoms with Crippen LogP contribution in [-0.2, 0) is 0 Å². The quantitative estimate of drug-likeness (QED) is 0.818. The molecular weight excluding hydrogens is 242 g/mol. The molecule has 4 nitrogen and oxygen atoms in total. The minimum atomic E-state index is 0.322. The lowest BCUT2D eigenvalue weighted by molar-refractivity contribution is 0.161. The van der Waals surface area contributed by atoms with Crippen molar-refractivity contribution in [3.8, 4) is 11.5 Å². The van der Waals surface area contributed by atoms with Crippen molar-refractivity contribution in [3.05, 3.63) is 29.8 Å². The van der Waals surface area contributed by atoms with E-state index in [0.717, 1.165) is 24.3 Å². The number of fused-ring (bicyclic) bond motifs is 1. The molecule has 0 fully saturated rings. The molecule has 2 aliphatic rings. The van der Waals surface area contributed by atoms with E-state index in [1.165, 1.54) is 24.0 Å². The van der Waals surface area contributed by atoms with Crippen molar-refractivity contribution in [2.75, 3.05) is 13.3 Å². The highest BCUT2D eigenvalue weighted by Gasteiger charge is 2.18. The van der Waals surface area contributed by atoms with E-state index in [4.69, 9.17) is 14.7 Å². The van der Waals surface area contributed by atoms with Crippen LogP contribution in [0.3, 0.4) is 0 Å². The second-order valence-corrected chi connectivity index (χ2v) is 5.11. The summed E-state index contributed by atoms with van der Waals surface area (Å²) in [6.45, 7) is 0.970. The van der Waals surface area contributed by atoms with E-state index in [1.807, 2.05) is 6.07 Å². The van der Waals surface area contributed by atoms with E-state index in [-0.39, 0.29) is 0 Å². The van der Waals surface area contributed by atoms with Crippen LogP contribution in [-0.4, -0.2) is 18.5 Å². The normalized spacial score (nSPS) is 21.3. The van der Waals surface area contributed by atoms with Gasteiger partial charge in [0.05, 0.1) is 0 Å². The van der Waals surface area contributed by atoms with E-state index >= 15 is 0 Å². The molecule has 0 spiro atoms. The van der Waals surface area contributed by atoms with E-state index in [1.54, 1.807) is 0 Å². The molecule has 1 atom stereocenters. The first-order chi connectivity index (χ1) is 9.36. The summed E-state index contributed by atoms with van der Waals surface area (Å²) in [5.74, 6) is 2.23. The Hall–Kier alpha value is -1.52. The van der Waals surface area contributed by atoms with Gasteiger partial charge < -0.3 is 14.7 Å². The van der Waals surface area contributed by atoms with E-state index < -0.39 is 0 Å². The lowest BCUT2D eigenvalue weighted by Gasteiger charge is -2.21. The predicted octanol–water partition coefficient (Wildman–Crippen LogP) is 2.97. The monoisotopic (exact) mass is 261 g/mol. The van der Waals surface area contributed by atoms with Crippen LogP contribution in [0.4, 0.5) is 0 Å². The van der Waals surface area contributed by atoms with Crippen molar-refractivity contribution < 1.29 is 14.7 Å². The summed E-state index contributed by atoms with van der Waals surface area (Å²) in [7, 11) is 0. The van der Waals surface area contributed by atoms with Crippen LogP contribution in [0, 0.1) is 5.92 Å². The molecule has 3 rings (SSSR count). The van der Waals surface area contributed by atoms with Crippen molar-refractivity contribution in [1.29, 1.82) is 0 Å². The first-order valence-corrected chi connectivity index (χ1v) is 6.84. The van der Waals surface area contributed by atoms with Gasteiger partial charge in [-0.15, -0.1) is 0 Å². The fourth-order valence-corrected chi connectivity index (χ4v) is 2.82. The lowest BCUT2D eigenvalue weighted by Crippen LogP contribution is -2.14. The maximum atomic E-state index is 8.68. The summed E-state index contributed by atoms with van der Waals surface area (Å²) in [6, 6.07) is 6.16. The fraction of sp³-hybridized carbons (Fsp3) is 0.467. The Morgan fingerprint density at radius 1 is 1.26 bits per heavy atom. The van der Waals surface area contributed by atoms with Crippen LogP contribution in [0.1, 0.15) is 31.2 Å². The first-order valence-electron chi connectivity index (χ1n) is 6.84. The number of hydrogen-bond acceptors (Lipinski definition) is 4. The first kappa shape index (κ1) is 12.5. The summed E-state index contributed by atoms with van der Waals surface area (Å²) in [6.07, 6.45) is 6.84. The maximum Gasteiger partial charge on any atom is 0.231 e. The van der Waals surface area contributed by atoms with Gasteiger partial charge in [-0.2, -0.15) is 0 Å². The lowest BCUT2D eigenvalue weighted by atomic mass is 9.85. The second kappa shape index (κ2) is 5.63. The summed E-state index contributed by atoms with van der Waals surface area (Å²) in [5, 5.41) is 8.68. The third-order valence-corrected chi connectivity index (χ3v) is 3.83. The number of hydroxylamine groups is 1. The minimum Gasteiger partial charge on any atom is -0.454 e. The predicted molar refractivity (Wildman–Crippen MR) is 72.3 cm³/mol. The highest BCUT2D eigenvalue weighted by atomic mass is 16.7. The van der Waals surface area contributed by atoms with Gasteiger partial charge in [0.15, 0.2) is 11.5 Å². The van der Waals surface area contributed by atoms with Gasteiger partial charge in [0.25, 0.3) is 0 Å². The zero-order chi connectivity index (χ0) is 13.1. The summed E-state index contributed by atoms with van der Waals surface area (Å²) in [4.78, 5) is 0. The molecule has 1 aromatic rings. The van der Waals surface area contributed by atoms with Crippen molar-refractivity contribution in [2.24, 2.45) is 5.92 Å². The molecule has 19 heavy (non-hydrogen) atoms. The Labute approximate surface area is 113 Å². The van der Waals surface area contributed by atoms with Gasteiger partial charge in [-0.25, -0.2) is 5.48 Å². The molecule has 0 radical (unpaired) electrons. The Bertz CT molecular complexity index is 484. The molecule has 0 bridgehead atoms. The Balaban J connectivity index is 1.78. The number of rotatable bonds is 4. The number of benzene rings is 1. The van der Waals surface area contributed by atoms with Crippen molar-refractivity contribution in [2.45, 2.75) is 25.7 Å². The van der Waals surface area contributed by atoms with Crippen LogP contribution >= 0.6 is 0 Å². The van der Waals surface area contributed by atoms with Crippen LogP contribution in [0.2, 0.25) is 0 Å². The molecule has 0 aromatic heterocycles. The number of ether oxygens (including phenoxy) is 2. The molecule has 0 saturated heterocycles. The standard InChI is InChI=1S/C15H19NO3/c17-16-7-6-11-2-1-3-12(8-11)13-4-5-14-15(9-13)19-10-18-14/h4-5,8-9,11,16-17H,1-3,6-7,10H2. The highest BCUT2D eigenvalue weighted by molar-refractivity contribution is 5.69. The Kier molecular flexibility index (Phi) is 3.71. The maximum absolute atomic E-state index is 8.68. The average Bonchev–Trinajstić information content (AvgIpc) is 2.92. The molecule has 1 aliphatic carbocycles. The molecule has 1 aliphatic heterocycles. The van der Waals surface area contributed by atoms with Gasteiger partial charge in [0.2, 0.25) is 6.79 Å². The third-order valence-electron chi connectivity index (χ3n) is 3.83. The number of allylic oxidation sites excluding steroid dienone is 2.